The second-order valence-corrected chi connectivity index (χ2v) is 7.11. The van der Waals surface area contributed by atoms with Crippen molar-refractivity contribution in [1.29, 1.82) is 0 Å². The van der Waals surface area contributed by atoms with E-state index in [1.54, 1.807) is 26.0 Å². The highest BCUT2D eigenvalue weighted by atomic mass is 33.1. The Morgan fingerprint density at radius 1 is 0.857 bits per heavy atom. The van der Waals surface area contributed by atoms with Crippen LogP contribution in [0.4, 0.5) is 21.2 Å². The van der Waals surface area contributed by atoms with E-state index >= 15 is 0 Å². The van der Waals surface area contributed by atoms with E-state index < -0.39 is 12.2 Å². The van der Waals surface area contributed by atoms with Gasteiger partial charge >= 0.3 is 12.2 Å². The minimum Gasteiger partial charge on any atom is -0.710 e. The van der Waals surface area contributed by atoms with Gasteiger partial charge in [-0.15, -0.1) is 0 Å². The summed E-state index contributed by atoms with van der Waals surface area (Å²) >= 11 is 0. The van der Waals surface area contributed by atoms with Gasteiger partial charge in [0.2, 0.25) is 0 Å². The van der Waals surface area contributed by atoms with Gasteiger partial charge in [-0.25, -0.2) is 9.46 Å². The third-order valence-electron chi connectivity index (χ3n) is 3.05. The Labute approximate surface area is 168 Å². The van der Waals surface area contributed by atoms with Crippen LogP contribution in [0.5, 0.6) is 0 Å². The Morgan fingerprint density at radius 2 is 1.25 bits per heavy atom. The van der Waals surface area contributed by atoms with Gasteiger partial charge in [-0.3, -0.25) is 0 Å². The van der Waals surface area contributed by atoms with Crippen molar-refractivity contribution in [1.82, 2.24) is 0 Å². The molecule has 12 heteroatoms. The van der Waals surface area contributed by atoms with Gasteiger partial charge in [0.15, 0.2) is 10.1 Å². The van der Waals surface area contributed by atoms with Crippen LogP contribution in [0, 0.1) is 10.4 Å². The molecule has 150 valence electrons. The summed E-state index contributed by atoms with van der Waals surface area (Å²) in [4.78, 5) is 23.0. The van der Waals surface area contributed by atoms with Crippen molar-refractivity contribution < 1.29 is 28.5 Å². The molecule has 2 N–H and O–H groups in total. The van der Waals surface area contributed by atoms with Gasteiger partial charge in [-0.2, -0.15) is 20.2 Å². The second kappa shape index (κ2) is 10.5. The van der Waals surface area contributed by atoms with Crippen molar-refractivity contribution in [2.24, 2.45) is 0 Å². The first-order valence-electron chi connectivity index (χ1n) is 8.13. The van der Waals surface area contributed by atoms with Crippen LogP contribution in [0.1, 0.15) is 13.8 Å². The molecule has 2 amide bonds. The van der Waals surface area contributed by atoms with Gasteiger partial charge in [-0.05, 0) is 59.7 Å². The smallest absolute Gasteiger partial charge is 0.504 e. The van der Waals surface area contributed by atoms with E-state index in [1.807, 2.05) is 0 Å². The summed E-state index contributed by atoms with van der Waals surface area (Å²) < 4.78 is 10.5. The van der Waals surface area contributed by atoms with Crippen molar-refractivity contribution in [2.75, 3.05) is 23.8 Å². The number of rotatable bonds is 7. The van der Waals surface area contributed by atoms with Crippen LogP contribution in [0.25, 0.3) is 0 Å². The number of ether oxygens (including phenoxy) is 2. The molecule has 28 heavy (non-hydrogen) atoms. The third kappa shape index (κ3) is 5.82. The number of anilines is 2. The fourth-order valence-corrected chi connectivity index (χ4v) is 3.91. The van der Waals surface area contributed by atoms with E-state index in [0.29, 0.717) is 9.46 Å². The molecule has 10 nitrogen and oxygen atoms in total. The lowest BCUT2D eigenvalue weighted by molar-refractivity contribution is -0.631. The van der Waals surface area contributed by atoms with Crippen LogP contribution in [-0.2, 0) is 9.47 Å². The first kappa shape index (κ1) is 21.4. The lowest BCUT2D eigenvalue weighted by atomic mass is 10.4. The Morgan fingerprint density at radius 3 is 1.61 bits per heavy atom. The lowest BCUT2D eigenvalue weighted by Crippen LogP contribution is -2.35. The molecule has 0 fully saturated rings. The molecule has 2 aromatic rings. The average molecular weight is 426 g/mol. The lowest BCUT2D eigenvalue weighted by Gasteiger charge is -2.14. The molecule has 0 aromatic carbocycles. The van der Waals surface area contributed by atoms with E-state index in [2.05, 4.69) is 10.6 Å². The molecule has 0 saturated heterocycles. The summed E-state index contributed by atoms with van der Waals surface area (Å²) in [6, 6.07) is 9.10. The number of hydrogen-bond donors (Lipinski definition) is 2. The number of pyridine rings is 2. The molecule has 0 saturated carbocycles. The van der Waals surface area contributed by atoms with Crippen molar-refractivity contribution in [3.8, 4) is 0 Å². The van der Waals surface area contributed by atoms with Crippen LogP contribution in [0.15, 0.2) is 46.5 Å². The Balaban J connectivity index is 2.10. The Bertz CT molecular complexity index is 782. The predicted octanol–water partition coefficient (Wildman–Crippen LogP) is 2.89. The third-order valence-corrected chi connectivity index (χ3v) is 5.35. The highest BCUT2D eigenvalue weighted by molar-refractivity contribution is 8.76. The van der Waals surface area contributed by atoms with Crippen LogP contribution in [0.3, 0.4) is 0 Å². The topological polar surface area (TPSA) is 131 Å². The zero-order chi connectivity index (χ0) is 20.5. The maximum absolute atomic E-state index is 12.4. The predicted molar refractivity (Wildman–Crippen MR) is 104 cm³/mol. The van der Waals surface area contributed by atoms with Crippen molar-refractivity contribution >= 4 is 45.4 Å². The largest absolute Gasteiger partial charge is 0.710 e. The fourth-order valence-electron chi connectivity index (χ4n) is 1.89. The molecule has 0 aliphatic carbocycles. The molecule has 2 aromatic heterocycles. The van der Waals surface area contributed by atoms with E-state index in [4.69, 9.17) is 9.47 Å². The van der Waals surface area contributed by atoms with Crippen LogP contribution in [-0.4, -0.2) is 25.4 Å². The number of nitrogens with zero attached hydrogens (tertiary/aromatic N) is 2. The number of nitrogens with one attached hydrogen (secondary N) is 2. The number of hydrogen-bond acceptors (Lipinski definition) is 8. The first-order chi connectivity index (χ1) is 13.5. The summed E-state index contributed by atoms with van der Waals surface area (Å²) in [6.07, 6.45) is -1.48. The summed E-state index contributed by atoms with van der Waals surface area (Å²) in [5, 5.41) is 29.9. The minimum atomic E-state index is -0.739. The maximum atomic E-state index is 12.4. The maximum Gasteiger partial charge on any atom is 0.504 e. The minimum absolute atomic E-state index is 0.00298. The number of aromatic nitrogens is 2. The van der Waals surface area contributed by atoms with Gasteiger partial charge in [0, 0.05) is 12.1 Å². The van der Waals surface area contributed by atoms with Gasteiger partial charge in [0.1, 0.15) is 0 Å². The molecule has 0 aliphatic heterocycles. The van der Waals surface area contributed by atoms with Crippen molar-refractivity contribution in [2.45, 2.75) is 23.9 Å². The van der Waals surface area contributed by atoms with Gasteiger partial charge < -0.3 is 19.9 Å². The summed E-state index contributed by atoms with van der Waals surface area (Å²) in [5.41, 5.74) is 0. The van der Waals surface area contributed by atoms with Gasteiger partial charge in [-0.1, -0.05) is 0 Å². The fraction of sp³-hybridized carbons (Fsp3) is 0.250. The van der Waals surface area contributed by atoms with E-state index in [0.717, 1.165) is 21.6 Å². The highest BCUT2D eigenvalue weighted by Crippen LogP contribution is 2.34. The molecule has 0 radical (unpaired) electrons. The van der Waals surface area contributed by atoms with Crippen molar-refractivity contribution in [3.63, 3.8) is 0 Å². The van der Waals surface area contributed by atoms with E-state index in [1.165, 1.54) is 24.3 Å². The molecule has 2 rings (SSSR count). The zero-order valence-corrected chi connectivity index (χ0v) is 16.7. The molecular weight excluding hydrogens is 408 g/mol. The van der Waals surface area contributed by atoms with Crippen LogP contribution < -0.4 is 20.1 Å². The van der Waals surface area contributed by atoms with E-state index in [-0.39, 0.29) is 34.9 Å². The van der Waals surface area contributed by atoms with Crippen molar-refractivity contribution in [3.05, 3.63) is 46.8 Å². The molecule has 0 atom stereocenters. The molecule has 0 aliphatic rings. The monoisotopic (exact) mass is 426 g/mol. The van der Waals surface area contributed by atoms with Crippen LogP contribution in [0.2, 0.25) is 0 Å². The van der Waals surface area contributed by atoms with Gasteiger partial charge in [0.05, 0.1) is 13.2 Å². The van der Waals surface area contributed by atoms with Gasteiger partial charge in [0.25, 0.3) is 11.6 Å². The summed E-state index contributed by atoms with van der Waals surface area (Å²) in [5.74, 6) is -0.00597. The summed E-state index contributed by atoms with van der Waals surface area (Å²) in [6.45, 7) is 3.65. The standard InChI is InChI=1S/C16H18N4O6S2/c1-3-25-15(21)17-11-7-5-9-13(19(11)23)27-28-14-10-6-8-12(20(14)24)18-16(22)26-4-2/h5-10H,3-4H2,1-2H3,(H,17,21)(H,18,22). The molecule has 2 heterocycles. The Hall–Kier alpha value is -2.86. The SMILES string of the molecule is CCOC(=O)Nc1cccc(SSc2cccc(NC(=O)OCC)[n+]2[O-])[n+]1[O-]. The highest BCUT2D eigenvalue weighted by Gasteiger charge is 2.17. The molecule has 0 spiro atoms. The second-order valence-electron chi connectivity index (χ2n) is 4.94. The quantitative estimate of drug-likeness (QED) is 0.393. The van der Waals surface area contributed by atoms with Crippen LogP contribution >= 0.6 is 21.6 Å². The molecule has 0 bridgehead atoms. The number of carbonyl (C=O) groups excluding carboxylic acids is 2. The van der Waals surface area contributed by atoms with E-state index in [9.17, 15) is 20.0 Å². The average Bonchev–Trinajstić information content (AvgIpc) is 2.65. The molecular formula is C16H18N4O6S2. The Kier molecular flexibility index (Phi) is 8.02. The number of amides is 2. The first-order valence-corrected chi connectivity index (χ1v) is 10.3. The molecule has 0 unspecified atom stereocenters. The normalized spacial score (nSPS) is 10.2. The number of carbonyl (C=O) groups is 2. The summed E-state index contributed by atoms with van der Waals surface area (Å²) in [7, 11) is 2.03. The zero-order valence-electron chi connectivity index (χ0n) is 15.0.